The summed E-state index contributed by atoms with van der Waals surface area (Å²) in [6, 6.07) is 17.6. The van der Waals surface area contributed by atoms with E-state index < -0.39 is 0 Å². The molecule has 26 heavy (non-hydrogen) atoms. The van der Waals surface area contributed by atoms with Gasteiger partial charge in [-0.3, -0.25) is 10.1 Å². The van der Waals surface area contributed by atoms with E-state index in [-0.39, 0.29) is 5.91 Å². The van der Waals surface area contributed by atoms with E-state index in [1.54, 1.807) is 4.52 Å². The van der Waals surface area contributed by atoms with Gasteiger partial charge in [-0.05, 0) is 23.6 Å². The molecule has 0 fully saturated rings. The van der Waals surface area contributed by atoms with Crippen LogP contribution >= 0.6 is 11.3 Å². The topological polar surface area (TPSA) is 59.3 Å². The van der Waals surface area contributed by atoms with Crippen molar-refractivity contribution in [2.75, 3.05) is 5.32 Å². The average Bonchev–Trinajstić information content (AvgIpc) is 3.22. The van der Waals surface area contributed by atoms with Gasteiger partial charge in [0.2, 0.25) is 4.96 Å². The molecule has 0 unspecified atom stereocenters. The van der Waals surface area contributed by atoms with Crippen LogP contribution in [0.2, 0.25) is 0 Å². The Labute approximate surface area is 155 Å². The maximum Gasteiger partial charge on any atom is 0.258 e. The number of carbonyl (C=O) groups excluding carboxylic acids is 1. The minimum atomic E-state index is -0.208. The zero-order valence-electron chi connectivity index (χ0n) is 14.5. The average molecular weight is 362 g/mol. The Morgan fingerprint density at radius 2 is 1.81 bits per heavy atom. The first-order valence-corrected chi connectivity index (χ1v) is 9.31. The zero-order chi connectivity index (χ0) is 18.1. The van der Waals surface area contributed by atoms with Gasteiger partial charge in [-0.15, -0.1) is 16.4 Å². The first-order chi connectivity index (χ1) is 12.6. The van der Waals surface area contributed by atoms with Crippen LogP contribution in [0.1, 0.15) is 35.7 Å². The molecule has 4 rings (SSSR count). The van der Waals surface area contributed by atoms with E-state index >= 15 is 0 Å². The van der Waals surface area contributed by atoms with Gasteiger partial charge in [0, 0.05) is 16.5 Å². The van der Waals surface area contributed by atoms with E-state index in [1.165, 1.54) is 16.9 Å². The van der Waals surface area contributed by atoms with Crippen LogP contribution < -0.4 is 5.32 Å². The van der Waals surface area contributed by atoms with Crippen molar-refractivity contribution >= 4 is 28.2 Å². The van der Waals surface area contributed by atoms with Crippen molar-refractivity contribution < 1.29 is 4.79 Å². The molecular weight excluding hydrogens is 344 g/mol. The number of aromatic nitrogens is 3. The molecule has 0 aliphatic carbocycles. The van der Waals surface area contributed by atoms with E-state index in [0.717, 1.165) is 16.2 Å². The van der Waals surface area contributed by atoms with Crippen molar-refractivity contribution in [1.29, 1.82) is 0 Å². The van der Waals surface area contributed by atoms with Gasteiger partial charge in [0.05, 0.1) is 5.69 Å². The molecule has 0 radical (unpaired) electrons. The number of thiazole rings is 1. The van der Waals surface area contributed by atoms with E-state index in [2.05, 4.69) is 29.2 Å². The highest BCUT2D eigenvalue weighted by Crippen LogP contribution is 2.25. The Morgan fingerprint density at radius 3 is 2.50 bits per heavy atom. The third-order valence-corrected chi connectivity index (χ3v) is 5.03. The van der Waals surface area contributed by atoms with Crippen LogP contribution in [0.4, 0.5) is 5.95 Å². The molecule has 1 amide bonds. The lowest BCUT2D eigenvalue weighted by atomic mass is 10.0. The van der Waals surface area contributed by atoms with Crippen molar-refractivity contribution in [2.24, 2.45) is 0 Å². The van der Waals surface area contributed by atoms with E-state index in [9.17, 15) is 4.79 Å². The van der Waals surface area contributed by atoms with Crippen molar-refractivity contribution in [1.82, 2.24) is 14.6 Å². The molecule has 5 nitrogen and oxygen atoms in total. The SMILES string of the molecule is CC(C)c1ccc(C(=O)Nc2nc3scc(-c4ccccc4)n3n2)cc1. The minimum Gasteiger partial charge on any atom is -0.289 e. The number of fused-ring (bicyclic) bond motifs is 1. The minimum absolute atomic E-state index is 0.208. The van der Waals surface area contributed by atoms with Crippen molar-refractivity contribution in [2.45, 2.75) is 19.8 Å². The highest BCUT2D eigenvalue weighted by atomic mass is 32.1. The van der Waals surface area contributed by atoms with Crippen LogP contribution in [0.15, 0.2) is 60.0 Å². The summed E-state index contributed by atoms with van der Waals surface area (Å²) in [5.74, 6) is 0.539. The molecule has 4 aromatic rings. The van der Waals surface area contributed by atoms with Crippen LogP contribution in [-0.2, 0) is 0 Å². The Hall–Kier alpha value is -2.99. The molecule has 2 aromatic carbocycles. The summed E-state index contributed by atoms with van der Waals surface area (Å²) >= 11 is 1.50. The van der Waals surface area contributed by atoms with Crippen LogP contribution in [0.3, 0.4) is 0 Å². The molecular formula is C20H18N4OS. The third-order valence-electron chi connectivity index (χ3n) is 4.22. The largest absolute Gasteiger partial charge is 0.289 e. The highest BCUT2D eigenvalue weighted by molar-refractivity contribution is 7.15. The number of anilines is 1. The predicted molar refractivity (Wildman–Crippen MR) is 105 cm³/mol. The summed E-state index contributed by atoms with van der Waals surface area (Å²) in [4.78, 5) is 17.6. The molecule has 0 aliphatic rings. The molecule has 0 aliphatic heterocycles. The molecule has 2 heterocycles. The number of hydrogen-bond acceptors (Lipinski definition) is 4. The van der Waals surface area contributed by atoms with E-state index in [0.29, 0.717) is 17.4 Å². The van der Waals surface area contributed by atoms with Crippen molar-refractivity contribution in [3.05, 3.63) is 71.1 Å². The predicted octanol–water partition coefficient (Wildman–Crippen LogP) is 4.83. The van der Waals surface area contributed by atoms with Gasteiger partial charge in [-0.2, -0.15) is 4.98 Å². The second kappa shape index (κ2) is 6.72. The smallest absolute Gasteiger partial charge is 0.258 e. The van der Waals surface area contributed by atoms with Gasteiger partial charge < -0.3 is 0 Å². The normalized spacial score (nSPS) is 11.2. The molecule has 130 valence electrons. The van der Waals surface area contributed by atoms with Gasteiger partial charge in [0.15, 0.2) is 0 Å². The first-order valence-electron chi connectivity index (χ1n) is 8.43. The fourth-order valence-corrected chi connectivity index (χ4v) is 3.57. The van der Waals surface area contributed by atoms with Crippen molar-refractivity contribution in [3.63, 3.8) is 0 Å². The fourth-order valence-electron chi connectivity index (χ4n) is 2.73. The van der Waals surface area contributed by atoms with Gasteiger partial charge in [-0.25, -0.2) is 4.52 Å². The molecule has 0 spiro atoms. The maximum atomic E-state index is 12.5. The number of rotatable bonds is 4. The fraction of sp³-hybridized carbons (Fsp3) is 0.150. The molecule has 0 bridgehead atoms. The van der Waals surface area contributed by atoms with Gasteiger partial charge in [-0.1, -0.05) is 56.3 Å². The van der Waals surface area contributed by atoms with E-state index in [1.807, 2.05) is 60.0 Å². The Kier molecular flexibility index (Phi) is 4.26. The lowest BCUT2D eigenvalue weighted by molar-refractivity contribution is 0.102. The highest BCUT2D eigenvalue weighted by Gasteiger charge is 2.14. The molecule has 0 saturated carbocycles. The molecule has 0 saturated heterocycles. The van der Waals surface area contributed by atoms with Crippen LogP contribution in [0, 0.1) is 0 Å². The lowest BCUT2D eigenvalue weighted by Crippen LogP contribution is -2.13. The number of nitrogens with zero attached hydrogens (tertiary/aromatic N) is 3. The summed E-state index contributed by atoms with van der Waals surface area (Å²) < 4.78 is 1.76. The number of amides is 1. The summed E-state index contributed by atoms with van der Waals surface area (Å²) in [7, 11) is 0. The van der Waals surface area contributed by atoms with Crippen LogP contribution in [0.25, 0.3) is 16.2 Å². The quantitative estimate of drug-likeness (QED) is 0.565. The lowest BCUT2D eigenvalue weighted by Gasteiger charge is -2.06. The Morgan fingerprint density at radius 1 is 1.08 bits per heavy atom. The summed E-state index contributed by atoms with van der Waals surface area (Å²) in [6.45, 7) is 4.25. The second-order valence-corrected chi connectivity index (χ2v) is 7.18. The number of hydrogen-bond donors (Lipinski definition) is 1. The molecule has 2 aromatic heterocycles. The Bertz CT molecular complexity index is 1050. The van der Waals surface area contributed by atoms with Crippen LogP contribution in [0.5, 0.6) is 0 Å². The summed E-state index contributed by atoms with van der Waals surface area (Å²) in [6.07, 6.45) is 0. The number of benzene rings is 2. The third kappa shape index (κ3) is 3.11. The van der Waals surface area contributed by atoms with Gasteiger partial charge in [0.25, 0.3) is 11.9 Å². The van der Waals surface area contributed by atoms with Gasteiger partial charge >= 0.3 is 0 Å². The maximum absolute atomic E-state index is 12.5. The van der Waals surface area contributed by atoms with Gasteiger partial charge in [0.1, 0.15) is 0 Å². The number of nitrogens with one attached hydrogen (secondary N) is 1. The van der Waals surface area contributed by atoms with Crippen molar-refractivity contribution in [3.8, 4) is 11.3 Å². The Balaban J connectivity index is 1.58. The van der Waals surface area contributed by atoms with E-state index in [4.69, 9.17) is 0 Å². The first kappa shape index (κ1) is 16.5. The molecule has 0 atom stereocenters. The monoisotopic (exact) mass is 362 g/mol. The standard InChI is InChI=1S/C20H18N4OS/c1-13(2)14-8-10-16(11-9-14)18(25)21-19-22-20-24(23-19)17(12-26-20)15-6-4-3-5-7-15/h3-13H,1-2H3,(H,21,23,25). The molecule has 6 heteroatoms. The zero-order valence-corrected chi connectivity index (χ0v) is 15.3. The molecule has 1 N–H and O–H groups in total. The second-order valence-electron chi connectivity index (χ2n) is 6.35. The van der Waals surface area contributed by atoms with Crippen LogP contribution in [-0.4, -0.2) is 20.5 Å². The number of carbonyl (C=O) groups is 1. The summed E-state index contributed by atoms with van der Waals surface area (Å²) in [5, 5.41) is 9.24. The summed E-state index contributed by atoms with van der Waals surface area (Å²) in [5.41, 5.74) is 3.82.